The monoisotopic (exact) mass is 252 g/mol. The third-order valence-corrected chi connectivity index (χ3v) is 3.37. The number of ether oxygens (including phenoxy) is 1. The highest BCUT2D eigenvalue weighted by Crippen LogP contribution is 2.32. The molecule has 0 N–H and O–H groups in total. The maximum atomic E-state index is 5.72. The maximum Gasteiger partial charge on any atom is 0.252 e. The first-order chi connectivity index (χ1) is 9.31. The summed E-state index contributed by atoms with van der Waals surface area (Å²) < 4.78 is 7.47. The van der Waals surface area contributed by atoms with Crippen LogP contribution in [0.25, 0.3) is 17.0 Å². The Hall–Kier alpha value is -2.43. The van der Waals surface area contributed by atoms with Gasteiger partial charge in [-0.2, -0.15) is 14.6 Å². The Morgan fingerprint density at radius 2 is 2.21 bits per heavy atom. The second-order valence-corrected chi connectivity index (χ2v) is 4.76. The van der Waals surface area contributed by atoms with Crippen molar-refractivity contribution in [3.8, 4) is 17.0 Å². The van der Waals surface area contributed by atoms with Crippen molar-refractivity contribution in [3.63, 3.8) is 0 Å². The van der Waals surface area contributed by atoms with Crippen LogP contribution in [0.3, 0.4) is 0 Å². The van der Waals surface area contributed by atoms with Crippen molar-refractivity contribution in [1.29, 1.82) is 0 Å². The van der Waals surface area contributed by atoms with Crippen LogP contribution in [0.4, 0.5) is 0 Å². The standard InChI is InChI=1S/C14H12N4O/c1-9-6-11-7-10(2-3-13(11)19-9)12-4-5-15-14-16-8-17-18(12)14/h2-5,7-9H,6H2,1H3/t9-/m0/s1. The molecular weight excluding hydrogens is 240 g/mol. The Balaban J connectivity index is 1.89. The van der Waals surface area contributed by atoms with Gasteiger partial charge in [0, 0.05) is 18.2 Å². The van der Waals surface area contributed by atoms with Crippen molar-refractivity contribution >= 4 is 5.78 Å². The summed E-state index contributed by atoms with van der Waals surface area (Å²) >= 11 is 0. The molecule has 19 heavy (non-hydrogen) atoms. The second kappa shape index (κ2) is 3.78. The maximum absolute atomic E-state index is 5.72. The van der Waals surface area contributed by atoms with E-state index in [-0.39, 0.29) is 6.10 Å². The number of rotatable bonds is 1. The Morgan fingerprint density at radius 1 is 1.26 bits per heavy atom. The fraction of sp³-hybridized carbons (Fsp3) is 0.214. The van der Waals surface area contributed by atoms with Crippen molar-refractivity contribution in [3.05, 3.63) is 42.4 Å². The van der Waals surface area contributed by atoms with E-state index in [1.54, 1.807) is 10.7 Å². The fourth-order valence-electron chi connectivity index (χ4n) is 2.54. The summed E-state index contributed by atoms with van der Waals surface area (Å²) in [6.07, 6.45) is 4.49. The first kappa shape index (κ1) is 10.5. The van der Waals surface area contributed by atoms with Crippen LogP contribution in [0.1, 0.15) is 12.5 Å². The molecule has 0 aliphatic carbocycles. The Bertz CT molecular complexity index is 765. The van der Waals surface area contributed by atoms with Gasteiger partial charge in [-0.05, 0) is 36.8 Å². The zero-order chi connectivity index (χ0) is 12.8. The van der Waals surface area contributed by atoms with Gasteiger partial charge in [-0.1, -0.05) is 0 Å². The Morgan fingerprint density at radius 3 is 3.16 bits per heavy atom. The molecule has 0 amide bonds. The van der Waals surface area contributed by atoms with E-state index < -0.39 is 0 Å². The molecule has 0 spiro atoms. The summed E-state index contributed by atoms with van der Waals surface area (Å²) in [6.45, 7) is 2.09. The van der Waals surface area contributed by atoms with Crippen molar-refractivity contribution < 1.29 is 4.74 Å². The molecule has 0 radical (unpaired) electrons. The number of hydrogen-bond donors (Lipinski definition) is 0. The largest absolute Gasteiger partial charge is 0.490 e. The van der Waals surface area contributed by atoms with Crippen LogP contribution >= 0.6 is 0 Å². The predicted octanol–water partition coefficient (Wildman–Crippen LogP) is 2.11. The zero-order valence-corrected chi connectivity index (χ0v) is 10.4. The summed E-state index contributed by atoms with van der Waals surface area (Å²) in [6, 6.07) is 8.18. The van der Waals surface area contributed by atoms with E-state index >= 15 is 0 Å². The molecule has 1 aliphatic heterocycles. The fourth-order valence-corrected chi connectivity index (χ4v) is 2.54. The average molecular weight is 252 g/mol. The first-order valence-corrected chi connectivity index (χ1v) is 6.26. The van der Waals surface area contributed by atoms with Gasteiger partial charge in [0.1, 0.15) is 18.2 Å². The van der Waals surface area contributed by atoms with E-state index in [1.165, 1.54) is 11.9 Å². The molecule has 0 unspecified atom stereocenters. The van der Waals surface area contributed by atoms with Crippen LogP contribution in [-0.4, -0.2) is 25.7 Å². The lowest BCUT2D eigenvalue weighted by Crippen LogP contribution is -2.05. The van der Waals surface area contributed by atoms with E-state index in [0.29, 0.717) is 5.78 Å². The second-order valence-electron chi connectivity index (χ2n) is 4.76. The number of nitrogens with zero attached hydrogens (tertiary/aromatic N) is 4. The zero-order valence-electron chi connectivity index (χ0n) is 10.4. The highest BCUT2D eigenvalue weighted by Gasteiger charge is 2.19. The molecule has 94 valence electrons. The van der Waals surface area contributed by atoms with Crippen molar-refractivity contribution in [1.82, 2.24) is 19.6 Å². The summed E-state index contributed by atoms with van der Waals surface area (Å²) in [4.78, 5) is 8.28. The summed E-state index contributed by atoms with van der Waals surface area (Å²) in [5.41, 5.74) is 3.34. The van der Waals surface area contributed by atoms with Gasteiger partial charge < -0.3 is 4.74 Å². The van der Waals surface area contributed by atoms with E-state index in [0.717, 1.165) is 23.4 Å². The van der Waals surface area contributed by atoms with E-state index in [9.17, 15) is 0 Å². The summed E-state index contributed by atoms with van der Waals surface area (Å²) in [5.74, 6) is 1.60. The van der Waals surface area contributed by atoms with Gasteiger partial charge in [-0.3, -0.25) is 0 Å². The summed E-state index contributed by atoms with van der Waals surface area (Å²) in [5, 5.41) is 4.22. The van der Waals surface area contributed by atoms with Gasteiger partial charge in [0.05, 0.1) is 5.69 Å². The minimum Gasteiger partial charge on any atom is -0.490 e. The van der Waals surface area contributed by atoms with Gasteiger partial charge in [0.15, 0.2) is 0 Å². The molecule has 0 fully saturated rings. The van der Waals surface area contributed by atoms with Gasteiger partial charge in [0.25, 0.3) is 5.78 Å². The number of aromatic nitrogens is 4. The van der Waals surface area contributed by atoms with Crippen LogP contribution in [0.15, 0.2) is 36.8 Å². The van der Waals surface area contributed by atoms with Crippen molar-refractivity contribution in [2.24, 2.45) is 0 Å². The van der Waals surface area contributed by atoms with E-state index in [1.807, 2.05) is 18.2 Å². The lowest BCUT2D eigenvalue weighted by molar-refractivity contribution is 0.254. The number of benzene rings is 1. The molecule has 4 rings (SSSR count). The number of fused-ring (bicyclic) bond motifs is 2. The highest BCUT2D eigenvalue weighted by atomic mass is 16.5. The van der Waals surface area contributed by atoms with Crippen LogP contribution < -0.4 is 4.74 Å². The molecule has 5 heteroatoms. The average Bonchev–Trinajstić information content (AvgIpc) is 3.01. The lowest BCUT2D eigenvalue weighted by Gasteiger charge is -2.06. The van der Waals surface area contributed by atoms with Gasteiger partial charge in [-0.25, -0.2) is 4.98 Å². The van der Waals surface area contributed by atoms with Crippen molar-refractivity contribution in [2.75, 3.05) is 0 Å². The first-order valence-electron chi connectivity index (χ1n) is 6.26. The Kier molecular flexibility index (Phi) is 2.09. The Labute approximate surface area is 109 Å². The smallest absolute Gasteiger partial charge is 0.252 e. The summed E-state index contributed by atoms with van der Waals surface area (Å²) in [7, 11) is 0. The molecule has 0 saturated heterocycles. The topological polar surface area (TPSA) is 52.3 Å². The molecule has 0 saturated carbocycles. The molecular formula is C14H12N4O. The minimum atomic E-state index is 0.258. The van der Waals surface area contributed by atoms with E-state index in [4.69, 9.17) is 4.74 Å². The molecule has 5 nitrogen and oxygen atoms in total. The highest BCUT2D eigenvalue weighted by molar-refractivity contribution is 5.64. The SMILES string of the molecule is C[C@H]1Cc2cc(-c3ccnc4ncnn34)ccc2O1. The van der Waals surface area contributed by atoms with Gasteiger partial charge in [0.2, 0.25) is 0 Å². The third kappa shape index (κ3) is 1.58. The molecule has 3 heterocycles. The predicted molar refractivity (Wildman–Crippen MR) is 70.0 cm³/mol. The molecule has 3 aromatic rings. The molecule has 0 bridgehead atoms. The molecule has 1 atom stereocenters. The minimum absolute atomic E-state index is 0.258. The van der Waals surface area contributed by atoms with Crippen LogP contribution in [0.2, 0.25) is 0 Å². The van der Waals surface area contributed by atoms with Gasteiger partial charge in [-0.15, -0.1) is 0 Å². The van der Waals surface area contributed by atoms with Crippen molar-refractivity contribution in [2.45, 2.75) is 19.4 Å². The van der Waals surface area contributed by atoms with Crippen LogP contribution in [-0.2, 0) is 6.42 Å². The third-order valence-electron chi connectivity index (χ3n) is 3.37. The molecule has 2 aromatic heterocycles. The lowest BCUT2D eigenvalue weighted by atomic mass is 10.0. The molecule has 1 aliphatic rings. The van der Waals surface area contributed by atoms with Crippen LogP contribution in [0, 0.1) is 0 Å². The van der Waals surface area contributed by atoms with E-state index in [2.05, 4.69) is 28.1 Å². The van der Waals surface area contributed by atoms with Crippen LogP contribution in [0.5, 0.6) is 5.75 Å². The number of hydrogen-bond acceptors (Lipinski definition) is 4. The quantitative estimate of drug-likeness (QED) is 0.665. The van der Waals surface area contributed by atoms with Gasteiger partial charge >= 0.3 is 0 Å². The normalized spacial score (nSPS) is 17.4. The molecule has 1 aromatic carbocycles.